The summed E-state index contributed by atoms with van der Waals surface area (Å²) >= 11 is 0. The minimum atomic E-state index is -0.0702. The summed E-state index contributed by atoms with van der Waals surface area (Å²) in [4.78, 5) is 18.5. The third-order valence-corrected chi connectivity index (χ3v) is 3.50. The normalized spacial score (nSPS) is 23.9. The lowest BCUT2D eigenvalue weighted by molar-refractivity contribution is 0.536. The molecule has 0 spiro atoms. The molecule has 1 aromatic rings. The van der Waals surface area contributed by atoms with Gasteiger partial charge in [0.25, 0.3) is 5.56 Å². The van der Waals surface area contributed by atoms with E-state index in [1.807, 2.05) is 6.92 Å². The van der Waals surface area contributed by atoms with E-state index in [1.165, 1.54) is 25.3 Å². The van der Waals surface area contributed by atoms with Gasteiger partial charge in [-0.25, -0.2) is 4.98 Å². The van der Waals surface area contributed by atoms with Crippen LogP contribution in [0.4, 0.5) is 5.82 Å². The molecule has 4 nitrogen and oxygen atoms in total. The minimum absolute atomic E-state index is 0.0702. The van der Waals surface area contributed by atoms with Gasteiger partial charge in [-0.05, 0) is 24.7 Å². The van der Waals surface area contributed by atoms with Gasteiger partial charge in [0.15, 0.2) is 0 Å². The van der Waals surface area contributed by atoms with E-state index in [9.17, 15) is 4.79 Å². The molecule has 0 aliphatic heterocycles. The van der Waals surface area contributed by atoms with Crippen LogP contribution in [0.15, 0.2) is 10.9 Å². The summed E-state index contributed by atoms with van der Waals surface area (Å²) in [7, 11) is 0. The van der Waals surface area contributed by atoms with Crippen LogP contribution in [0.25, 0.3) is 0 Å². The van der Waals surface area contributed by atoms with E-state index in [0.717, 1.165) is 30.6 Å². The molecule has 1 fully saturated rings. The molecule has 2 unspecified atom stereocenters. The summed E-state index contributed by atoms with van der Waals surface area (Å²) < 4.78 is 0. The van der Waals surface area contributed by atoms with Gasteiger partial charge in [-0.1, -0.05) is 20.3 Å². The zero-order chi connectivity index (χ0) is 12.3. The molecule has 1 aromatic heterocycles. The van der Waals surface area contributed by atoms with Crippen molar-refractivity contribution in [1.82, 2.24) is 9.97 Å². The molecule has 2 rings (SSSR count). The molecule has 0 aromatic carbocycles. The largest absolute Gasteiger partial charge is 0.370 e. The zero-order valence-electron chi connectivity index (χ0n) is 10.6. The van der Waals surface area contributed by atoms with Gasteiger partial charge in [0.1, 0.15) is 11.6 Å². The molecular formula is C13H21N3O. The summed E-state index contributed by atoms with van der Waals surface area (Å²) in [6, 6.07) is 1.54. The van der Waals surface area contributed by atoms with E-state index < -0.39 is 0 Å². The lowest BCUT2D eigenvalue weighted by Crippen LogP contribution is -2.17. The van der Waals surface area contributed by atoms with Crippen LogP contribution in [-0.4, -0.2) is 16.5 Å². The molecule has 2 N–H and O–H groups in total. The first-order chi connectivity index (χ1) is 8.17. The van der Waals surface area contributed by atoms with Gasteiger partial charge in [0.2, 0.25) is 0 Å². The molecule has 4 heteroatoms. The Morgan fingerprint density at radius 3 is 3.00 bits per heavy atom. The molecule has 1 aliphatic carbocycles. The highest BCUT2D eigenvalue weighted by Gasteiger charge is 2.20. The Labute approximate surface area is 102 Å². The van der Waals surface area contributed by atoms with Gasteiger partial charge in [-0.3, -0.25) is 4.79 Å². The maximum Gasteiger partial charge on any atom is 0.252 e. The lowest BCUT2D eigenvalue weighted by Gasteiger charge is -2.11. The SMILES string of the molecule is CCc1nc(NCC2CCC(C)C2)cc(=O)[nH]1. The zero-order valence-corrected chi connectivity index (χ0v) is 10.6. The highest BCUT2D eigenvalue weighted by molar-refractivity contribution is 5.32. The van der Waals surface area contributed by atoms with Crippen molar-refractivity contribution < 1.29 is 0 Å². The predicted molar refractivity (Wildman–Crippen MR) is 69.2 cm³/mol. The Kier molecular flexibility index (Phi) is 3.82. The number of nitrogens with one attached hydrogen (secondary N) is 2. The fourth-order valence-electron chi connectivity index (χ4n) is 2.53. The van der Waals surface area contributed by atoms with Crippen LogP contribution in [0.5, 0.6) is 0 Å². The summed E-state index contributed by atoms with van der Waals surface area (Å²) in [5.41, 5.74) is -0.0702. The molecular weight excluding hydrogens is 214 g/mol. The van der Waals surface area contributed by atoms with Gasteiger partial charge >= 0.3 is 0 Å². The van der Waals surface area contributed by atoms with Gasteiger partial charge in [0.05, 0.1) is 0 Å². The molecule has 1 aliphatic rings. The van der Waals surface area contributed by atoms with Gasteiger partial charge < -0.3 is 10.3 Å². The van der Waals surface area contributed by atoms with Crippen LogP contribution in [0.2, 0.25) is 0 Å². The van der Waals surface area contributed by atoms with Crippen molar-refractivity contribution in [2.75, 3.05) is 11.9 Å². The van der Waals surface area contributed by atoms with Crippen molar-refractivity contribution in [2.24, 2.45) is 11.8 Å². The van der Waals surface area contributed by atoms with Crippen LogP contribution >= 0.6 is 0 Å². The fraction of sp³-hybridized carbons (Fsp3) is 0.692. The number of rotatable bonds is 4. The van der Waals surface area contributed by atoms with Crippen molar-refractivity contribution in [3.63, 3.8) is 0 Å². The molecule has 0 radical (unpaired) electrons. The molecule has 1 saturated carbocycles. The van der Waals surface area contributed by atoms with Gasteiger partial charge in [-0.2, -0.15) is 0 Å². The first-order valence-electron chi connectivity index (χ1n) is 6.51. The van der Waals surface area contributed by atoms with E-state index >= 15 is 0 Å². The van der Waals surface area contributed by atoms with Crippen molar-refractivity contribution in [3.05, 3.63) is 22.2 Å². The second-order valence-electron chi connectivity index (χ2n) is 5.10. The van der Waals surface area contributed by atoms with E-state index in [0.29, 0.717) is 5.82 Å². The summed E-state index contributed by atoms with van der Waals surface area (Å²) in [6.07, 6.45) is 4.66. The maximum atomic E-state index is 11.4. The number of H-pyrrole nitrogens is 1. The predicted octanol–water partition coefficient (Wildman–Crippen LogP) is 2.18. The van der Waals surface area contributed by atoms with Crippen LogP contribution in [-0.2, 0) is 6.42 Å². The van der Waals surface area contributed by atoms with Crippen molar-refractivity contribution in [2.45, 2.75) is 39.5 Å². The van der Waals surface area contributed by atoms with Gasteiger partial charge in [-0.15, -0.1) is 0 Å². The van der Waals surface area contributed by atoms with Crippen molar-refractivity contribution in [1.29, 1.82) is 0 Å². The van der Waals surface area contributed by atoms with E-state index in [-0.39, 0.29) is 5.56 Å². The quantitative estimate of drug-likeness (QED) is 0.841. The second-order valence-corrected chi connectivity index (χ2v) is 5.10. The van der Waals surface area contributed by atoms with Gasteiger partial charge in [0, 0.05) is 19.0 Å². The number of hydrogen-bond donors (Lipinski definition) is 2. The minimum Gasteiger partial charge on any atom is -0.370 e. The van der Waals surface area contributed by atoms with Crippen molar-refractivity contribution in [3.8, 4) is 0 Å². The van der Waals surface area contributed by atoms with E-state index in [4.69, 9.17) is 0 Å². The highest BCUT2D eigenvalue weighted by Crippen LogP contribution is 2.30. The number of anilines is 1. The van der Waals surface area contributed by atoms with Crippen LogP contribution in [0.3, 0.4) is 0 Å². The van der Waals surface area contributed by atoms with Crippen molar-refractivity contribution >= 4 is 5.82 Å². The number of hydrogen-bond acceptors (Lipinski definition) is 3. The van der Waals surface area contributed by atoms with Crippen LogP contribution < -0.4 is 10.9 Å². The molecule has 2 atom stereocenters. The molecule has 0 amide bonds. The van der Waals surface area contributed by atoms with Crippen LogP contribution in [0, 0.1) is 11.8 Å². The van der Waals surface area contributed by atoms with E-state index in [2.05, 4.69) is 22.2 Å². The Bertz CT molecular complexity index is 427. The molecule has 0 bridgehead atoms. The second kappa shape index (κ2) is 5.34. The topological polar surface area (TPSA) is 57.8 Å². The Balaban J connectivity index is 1.94. The molecule has 94 valence electrons. The summed E-state index contributed by atoms with van der Waals surface area (Å²) in [5.74, 6) is 3.04. The number of aromatic nitrogens is 2. The third kappa shape index (κ3) is 3.32. The smallest absolute Gasteiger partial charge is 0.252 e. The summed E-state index contributed by atoms with van der Waals surface area (Å²) in [6.45, 7) is 5.23. The first kappa shape index (κ1) is 12.1. The van der Waals surface area contributed by atoms with Crippen LogP contribution in [0.1, 0.15) is 38.9 Å². The number of nitrogens with zero attached hydrogens (tertiary/aromatic N) is 1. The lowest BCUT2D eigenvalue weighted by atomic mass is 10.1. The molecule has 1 heterocycles. The maximum absolute atomic E-state index is 11.4. The monoisotopic (exact) mass is 235 g/mol. The number of aromatic amines is 1. The standard InChI is InChI=1S/C13H21N3O/c1-3-11-15-12(7-13(17)16-11)14-8-10-5-4-9(2)6-10/h7,9-10H,3-6,8H2,1-2H3,(H2,14,15,16,17). The fourth-order valence-corrected chi connectivity index (χ4v) is 2.53. The highest BCUT2D eigenvalue weighted by atomic mass is 16.1. The summed E-state index contributed by atoms with van der Waals surface area (Å²) in [5, 5.41) is 3.29. The molecule has 17 heavy (non-hydrogen) atoms. The first-order valence-corrected chi connectivity index (χ1v) is 6.51. The average Bonchev–Trinajstić information content (AvgIpc) is 2.72. The Morgan fingerprint density at radius 1 is 1.53 bits per heavy atom. The average molecular weight is 235 g/mol. The van der Waals surface area contributed by atoms with E-state index in [1.54, 1.807) is 0 Å². The Hall–Kier alpha value is -1.32. The molecule has 0 saturated heterocycles. The number of aryl methyl sites for hydroxylation is 1. The third-order valence-electron chi connectivity index (χ3n) is 3.50. The Morgan fingerprint density at radius 2 is 2.35 bits per heavy atom.